The van der Waals surface area contributed by atoms with E-state index in [0.29, 0.717) is 13.2 Å². The second kappa shape index (κ2) is 6.70. The van der Waals surface area contributed by atoms with Crippen LogP contribution in [0.3, 0.4) is 0 Å². The fourth-order valence-electron chi connectivity index (χ4n) is 1.40. The van der Waals surface area contributed by atoms with Gasteiger partial charge in [-0.2, -0.15) is 4.98 Å². The molecule has 0 fully saturated rings. The molecule has 0 bridgehead atoms. The van der Waals surface area contributed by atoms with Gasteiger partial charge in [0, 0.05) is 13.2 Å². The van der Waals surface area contributed by atoms with Gasteiger partial charge >= 0.3 is 5.69 Å². The molecular formula is C10H16N4O4. The summed E-state index contributed by atoms with van der Waals surface area (Å²) in [5.41, 5.74) is -0.262. The van der Waals surface area contributed by atoms with Crippen molar-refractivity contribution in [2.24, 2.45) is 0 Å². The highest BCUT2D eigenvalue weighted by Gasteiger charge is 2.25. The quantitative estimate of drug-likeness (QED) is 0.578. The molecule has 1 atom stereocenters. The Morgan fingerprint density at radius 2 is 2.28 bits per heavy atom. The highest BCUT2D eigenvalue weighted by Crippen LogP contribution is 2.30. The van der Waals surface area contributed by atoms with E-state index in [2.05, 4.69) is 15.3 Å². The first kappa shape index (κ1) is 14.1. The Kier molecular flexibility index (Phi) is 5.25. The first-order valence-electron chi connectivity index (χ1n) is 5.47. The number of rotatable bonds is 7. The molecule has 0 aliphatic carbocycles. The van der Waals surface area contributed by atoms with E-state index in [9.17, 15) is 10.1 Å². The number of anilines is 1. The van der Waals surface area contributed by atoms with E-state index in [1.54, 1.807) is 14.0 Å². The molecule has 0 aliphatic rings. The molecule has 8 nitrogen and oxygen atoms in total. The number of nitrogens with zero attached hydrogens (tertiary/aromatic N) is 3. The third-order valence-electron chi connectivity index (χ3n) is 2.05. The van der Waals surface area contributed by atoms with Crippen molar-refractivity contribution in [1.29, 1.82) is 0 Å². The predicted octanol–water partition coefficient (Wildman–Crippen LogP) is 1.23. The van der Waals surface area contributed by atoms with Crippen LogP contribution in [0.5, 0.6) is 5.88 Å². The third-order valence-corrected chi connectivity index (χ3v) is 2.05. The SMILES string of the molecule is CCOc1ncnc(NC(C)COC)c1[N+](=O)[O-]. The molecule has 0 aromatic carbocycles. The molecule has 100 valence electrons. The summed E-state index contributed by atoms with van der Waals surface area (Å²) < 4.78 is 10.1. The van der Waals surface area contributed by atoms with Gasteiger partial charge < -0.3 is 14.8 Å². The van der Waals surface area contributed by atoms with Gasteiger partial charge in [0.2, 0.25) is 5.82 Å². The molecule has 1 unspecified atom stereocenters. The summed E-state index contributed by atoms with van der Waals surface area (Å²) >= 11 is 0. The summed E-state index contributed by atoms with van der Waals surface area (Å²) in [6.45, 7) is 4.26. The summed E-state index contributed by atoms with van der Waals surface area (Å²) in [7, 11) is 1.55. The molecular weight excluding hydrogens is 240 g/mol. The topological polar surface area (TPSA) is 99.4 Å². The number of hydrogen-bond donors (Lipinski definition) is 1. The average molecular weight is 256 g/mol. The first-order chi connectivity index (χ1) is 8.60. The number of ether oxygens (including phenoxy) is 2. The Hall–Kier alpha value is -1.96. The fourth-order valence-corrected chi connectivity index (χ4v) is 1.40. The molecule has 1 aromatic rings. The predicted molar refractivity (Wildman–Crippen MR) is 64.8 cm³/mol. The van der Waals surface area contributed by atoms with Crippen LogP contribution in [0.25, 0.3) is 0 Å². The van der Waals surface area contributed by atoms with Gasteiger partial charge in [0.15, 0.2) is 0 Å². The highest BCUT2D eigenvalue weighted by molar-refractivity contribution is 5.61. The Labute approximate surface area is 104 Å². The minimum Gasteiger partial charge on any atom is -0.473 e. The van der Waals surface area contributed by atoms with Crippen LogP contribution in [-0.4, -0.2) is 41.3 Å². The number of nitrogens with one attached hydrogen (secondary N) is 1. The van der Waals surface area contributed by atoms with E-state index in [1.165, 1.54) is 6.33 Å². The standard InChI is InChI=1S/C10H16N4O4/c1-4-18-10-8(14(15)16)9(11-6-12-10)13-7(2)5-17-3/h6-7H,4-5H2,1-3H3,(H,11,12,13). The molecule has 18 heavy (non-hydrogen) atoms. The zero-order valence-electron chi connectivity index (χ0n) is 10.5. The van der Waals surface area contributed by atoms with Gasteiger partial charge in [-0.3, -0.25) is 10.1 Å². The van der Waals surface area contributed by atoms with E-state index >= 15 is 0 Å². The molecule has 0 saturated heterocycles. The largest absolute Gasteiger partial charge is 0.473 e. The maximum atomic E-state index is 11.0. The molecule has 0 aliphatic heterocycles. The van der Waals surface area contributed by atoms with Crippen LogP contribution < -0.4 is 10.1 Å². The molecule has 1 aromatic heterocycles. The van der Waals surface area contributed by atoms with E-state index in [-0.39, 0.29) is 23.4 Å². The van der Waals surface area contributed by atoms with Crippen LogP contribution in [-0.2, 0) is 4.74 Å². The van der Waals surface area contributed by atoms with Gasteiger partial charge in [-0.25, -0.2) is 4.98 Å². The second-order valence-corrected chi connectivity index (χ2v) is 3.57. The minimum absolute atomic E-state index is 0.0374. The van der Waals surface area contributed by atoms with Crippen molar-refractivity contribution in [2.45, 2.75) is 19.9 Å². The lowest BCUT2D eigenvalue weighted by molar-refractivity contribution is -0.385. The maximum Gasteiger partial charge on any atom is 0.372 e. The smallest absolute Gasteiger partial charge is 0.372 e. The fraction of sp³-hybridized carbons (Fsp3) is 0.600. The summed E-state index contributed by atoms with van der Waals surface area (Å²) in [6.07, 6.45) is 1.22. The van der Waals surface area contributed by atoms with Crippen molar-refractivity contribution >= 4 is 11.5 Å². The van der Waals surface area contributed by atoms with Crippen molar-refractivity contribution in [3.05, 3.63) is 16.4 Å². The molecule has 0 spiro atoms. The number of aromatic nitrogens is 2. The van der Waals surface area contributed by atoms with Crippen LogP contribution in [0, 0.1) is 10.1 Å². The molecule has 1 rings (SSSR count). The van der Waals surface area contributed by atoms with Gasteiger partial charge in [-0.1, -0.05) is 0 Å². The Morgan fingerprint density at radius 3 is 2.83 bits per heavy atom. The molecule has 1 heterocycles. The number of nitro groups is 1. The van der Waals surface area contributed by atoms with Gasteiger partial charge in [0.05, 0.1) is 18.1 Å². The lowest BCUT2D eigenvalue weighted by Gasteiger charge is -2.13. The molecule has 8 heteroatoms. The van der Waals surface area contributed by atoms with Gasteiger partial charge in [0.25, 0.3) is 5.88 Å². The van der Waals surface area contributed by atoms with Gasteiger partial charge in [-0.15, -0.1) is 0 Å². The van der Waals surface area contributed by atoms with E-state index in [1.807, 2.05) is 6.92 Å². The monoisotopic (exact) mass is 256 g/mol. The highest BCUT2D eigenvalue weighted by atomic mass is 16.6. The molecule has 0 amide bonds. The van der Waals surface area contributed by atoms with Crippen molar-refractivity contribution in [3.63, 3.8) is 0 Å². The normalized spacial score (nSPS) is 11.9. The number of methoxy groups -OCH3 is 1. The summed E-state index contributed by atoms with van der Waals surface area (Å²) in [5, 5.41) is 13.9. The van der Waals surface area contributed by atoms with Crippen LogP contribution >= 0.6 is 0 Å². The van der Waals surface area contributed by atoms with Crippen LogP contribution in [0.4, 0.5) is 11.5 Å². The van der Waals surface area contributed by atoms with Gasteiger partial charge in [0.1, 0.15) is 6.33 Å². The van der Waals surface area contributed by atoms with Crippen LogP contribution in [0.15, 0.2) is 6.33 Å². The first-order valence-corrected chi connectivity index (χ1v) is 5.47. The molecule has 0 saturated carbocycles. The zero-order chi connectivity index (χ0) is 13.5. The van der Waals surface area contributed by atoms with E-state index < -0.39 is 4.92 Å². The lowest BCUT2D eigenvalue weighted by atomic mass is 10.3. The maximum absolute atomic E-state index is 11.0. The van der Waals surface area contributed by atoms with Crippen molar-refractivity contribution in [2.75, 3.05) is 25.6 Å². The minimum atomic E-state index is -0.563. The Balaban J connectivity index is 3.02. The molecule has 1 N–H and O–H groups in total. The Bertz CT molecular complexity index is 413. The van der Waals surface area contributed by atoms with Crippen molar-refractivity contribution in [1.82, 2.24) is 9.97 Å². The molecule has 0 radical (unpaired) electrons. The second-order valence-electron chi connectivity index (χ2n) is 3.57. The average Bonchev–Trinajstić information content (AvgIpc) is 2.29. The third kappa shape index (κ3) is 3.52. The van der Waals surface area contributed by atoms with Crippen molar-refractivity contribution in [3.8, 4) is 5.88 Å². The van der Waals surface area contributed by atoms with E-state index in [4.69, 9.17) is 9.47 Å². The lowest BCUT2D eigenvalue weighted by Crippen LogP contribution is -2.22. The Morgan fingerprint density at radius 1 is 1.56 bits per heavy atom. The van der Waals surface area contributed by atoms with Crippen LogP contribution in [0.1, 0.15) is 13.8 Å². The summed E-state index contributed by atoms with van der Waals surface area (Å²) in [5.74, 6) is 0.0904. The van der Waals surface area contributed by atoms with Crippen LogP contribution in [0.2, 0.25) is 0 Å². The van der Waals surface area contributed by atoms with E-state index in [0.717, 1.165) is 0 Å². The van der Waals surface area contributed by atoms with Crippen molar-refractivity contribution < 1.29 is 14.4 Å². The summed E-state index contributed by atoms with van der Waals surface area (Å²) in [4.78, 5) is 18.1. The zero-order valence-corrected chi connectivity index (χ0v) is 10.5. The van der Waals surface area contributed by atoms with Gasteiger partial charge in [-0.05, 0) is 13.8 Å². The summed E-state index contributed by atoms with van der Waals surface area (Å²) in [6, 6.07) is -0.113. The number of hydrogen-bond acceptors (Lipinski definition) is 7.